The van der Waals surface area contributed by atoms with E-state index in [1.807, 2.05) is 12.1 Å². The molecule has 3 heteroatoms. The van der Waals surface area contributed by atoms with E-state index in [1.165, 1.54) is 38.8 Å². The predicted molar refractivity (Wildman–Crippen MR) is 183 cm³/mol. The summed E-state index contributed by atoms with van der Waals surface area (Å²) in [5, 5.41) is 11.9. The molecule has 1 aliphatic carbocycles. The van der Waals surface area contributed by atoms with Crippen LogP contribution in [-0.4, -0.2) is 11.1 Å². The molecule has 0 heterocycles. The van der Waals surface area contributed by atoms with Gasteiger partial charge in [0.2, 0.25) is 0 Å². The lowest BCUT2D eigenvalue weighted by Gasteiger charge is -2.35. The molecule has 0 amide bonds. The van der Waals surface area contributed by atoms with Gasteiger partial charge in [0.25, 0.3) is 0 Å². The second-order valence-corrected chi connectivity index (χ2v) is 11.5. The minimum Gasteiger partial charge on any atom is -0.478 e. The van der Waals surface area contributed by atoms with Crippen LogP contribution >= 0.6 is 0 Å². The van der Waals surface area contributed by atoms with E-state index in [0.29, 0.717) is 0 Å². The standard InChI is InChI=1S/C42H29NO2/c44-41(45)30-20-22-34(23-21-30)43(35-24-19-29-11-7-8-12-31(29)27-35)36-25-26-38-37-17-9-10-18-39(37)42(40(38)28-36,32-13-3-1-4-14-32)33-15-5-2-6-16-33/h1-28H,(H,44,45). The third-order valence-corrected chi connectivity index (χ3v) is 9.06. The molecule has 0 spiro atoms. The van der Waals surface area contributed by atoms with E-state index in [-0.39, 0.29) is 5.56 Å². The summed E-state index contributed by atoms with van der Waals surface area (Å²) in [7, 11) is 0. The monoisotopic (exact) mass is 579 g/mol. The van der Waals surface area contributed by atoms with Gasteiger partial charge in [0.05, 0.1) is 11.0 Å². The molecule has 3 nitrogen and oxygen atoms in total. The van der Waals surface area contributed by atoms with Gasteiger partial charge in [-0.05, 0) is 92.7 Å². The van der Waals surface area contributed by atoms with Gasteiger partial charge in [0, 0.05) is 17.1 Å². The topological polar surface area (TPSA) is 40.5 Å². The highest BCUT2D eigenvalue weighted by Gasteiger charge is 2.46. The first-order chi connectivity index (χ1) is 22.1. The van der Waals surface area contributed by atoms with E-state index < -0.39 is 11.4 Å². The molecule has 0 radical (unpaired) electrons. The van der Waals surface area contributed by atoms with Crippen molar-refractivity contribution in [2.24, 2.45) is 0 Å². The first-order valence-electron chi connectivity index (χ1n) is 15.1. The van der Waals surface area contributed by atoms with Crippen molar-refractivity contribution in [3.63, 3.8) is 0 Å². The van der Waals surface area contributed by atoms with Crippen LogP contribution in [0.4, 0.5) is 17.1 Å². The van der Waals surface area contributed by atoms with Gasteiger partial charge in [-0.25, -0.2) is 4.79 Å². The molecule has 0 bridgehead atoms. The van der Waals surface area contributed by atoms with Gasteiger partial charge in [-0.1, -0.05) is 121 Å². The largest absolute Gasteiger partial charge is 0.478 e. The number of hydrogen-bond acceptors (Lipinski definition) is 2. The summed E-state index contributed by atoms with van der Waals surface area (Å²) in [6.45, 7) is 0. The van der Waals surface area contributed by atoms with Crippen molar-refractivity contribution >= 4 is 33.8 Å². The van der Waals surface area contributed by atoms with E-state index in [4.69, 9.17) is 0 Å². The average Bonchev–Trinajstić information content (AvgIpc) is 3.40. The molecule has 1 N–H and O–H groups in total. The van der Waals surface area contributed by atoms with Crippen molar-refractivity contribution in [2.75, 3.05) is 4.90 Å². The third-order valence-electron chi connectivity index (χ3n) is 9.06. The summed E-state index contributed by atoms with van der Waals surface area (Å²) in [5.41, 5.74) is 9.95. The van der Waals surface area contributed by atoms with Gasteiger partial charge in [-0.2, -0.15) is 0 Å². The molecule has 214 valence electrons. The molecular weight excluding hydrogens is 550 g/mol. The van der Waals surface area contributed by atoms with Crippen LogP contribution in [0, 0.1) is 0 Å². The van der Waals surface area contributed by atoms with E-state index in [2.05, 4.69) is 150 Å². The Morgan fingerprint density at radius 2 is 1.00 bits per heavy atom. The van der Waals surface area contributed by atoms with Crippen molar-refractivity contribution in [1.82, 2.24) is 0 Å². The molecule has 0 unspecified atom stereocenters. The average molecular weight is 580 g/mol. The molecule has 0 aromatic heterocycles. The highest BCUT2D eigenvalue weighted by atomic mass is 16.4. The van der Waals surface area contributed by atoms with Gasteiger partial charge >= 0.3 is 5.97 Å². The second kappa shape index (κ2) is 10.7. The fourth-order valence-corrected chi connectivity index (χ4v) is 7.09. The Labute approximate surface area is 262 Å². The zero-order chi connectivity index (χ0) is 30.4. The van der Waals surface area contributed by atoms with Gasteiger partial charge in [-0.3, -0.25) is 0 Å². The summed E-state index contributed by atoms with van der Waals surface area (Å²) in [6, 6.07) is 59.0. The molecule has 0 saturated carbocycles. The molecule has 8 rings (SSSR count). The number of carboxylic acid groups (broad SMARTS) is 1. The fourth-order valence-electron chi connectivity index (χ4n) is 7.09. The number of carboxylic acids is 1. The SMILES string of the molecule is O=C(O)c1ccc(N(c2ccc3c(c2)C(c2ccccc2)(c2ccccc2)c2ccccc2-3)c2ccc3ccccc3c2)cc1. The summed E-state index contributed by atoms with van der Waals surface area (Å²) in [6.07, 6.45) is 0. The van der Waals surface area contributed by atoms with Crippen molar-refractivity contribution in [3.8, 4) is 11.1 Å². The van der Waals surface area contributed by atoms with E-state index in [9.17, 15) is 9.90 Å². The highest BCUT2D eigenvalue weighted by Crippen LogP contribution is 2.57. The van der Waals surface area contributed by atoms with Crippen LogP contribution < -0.4 is 4.90 Å². The summed E-state index contributed by atoms with van der Waals surface area (Å²) >= 11 is 0. The number of anilines is 3. The lowest BCUT2D eigenvalue weighted by molar-refractivity contribution is 0.0697. The Balaban J connectivity index is 1.41. The zero-order valence-corrected chi connectivity index (χ0v) is 24.5. The number of hydrogen-bond donors (Lipinski definition) is 1. The van der Waals surface area contributed by atoms with Crippen LogP contribution in [0.5, 0.6) is 0 Å². The number of rotatable bonds is 6. The quantitative estimate of drug-likeness (QED) is 0.213. The number of nitrogens with zero attached hydrogens (tertiary/aromatic N) is 1. The minimum absolute atomic E-state index is 0.258. The predicted octanol–water partition coefficient (Wildman–Crippen LogP) is 10.4. The van der Waals surface area contributed by atoms with Crippen LogP contribution in [0.1, 0.15) is 32.6 Å². The minimum atomic E-state index is -0.940. The van der Waals surface area contributed by atoms with Crippen LogP contribution in [0.2, 0.25) is 0 Å². The second-order valence-electron chi connectivity index (χ2n) is 11.5. The zero-order valence-electron chi connectivity index (χ0n) is 24.5. The van der Waals surface area contributed by atoms with Gasteiger partial charge < -0.3 is 10.0 Å². The molecule has 0 saturated heterocycles. The third kappa shape index (κ3) is 4.24. The van der Waals surface area contributed by atoms with Crippen molar-refractivity contribution < 1.29 is 9.90 Å². The Morgan fingerprint density at radius 3 is 1.69 bits per heavy atom. The molecule has 7 aromatic rings. The Bertz CT molecular complexity index is 2150. The van der Waals surface area contributed by atoms with Crippen LogP contribution in [0.3, 0.4) is 0 Å². The van der Waals surface area contributed by atoms with E-state index in [1.54, 1.807) is 12.1 Å². The Hall–Kier alpha value is -5.93. The van der Waals surface area contributed by atoms with Gasteiger partial charge in [0.15, 0.2) is 0 Å². The van der Waals surface area contributed by atoms with Crippen molar-refractivity contribution in [3.05, 3.63) is 198 Å². The van der Waals surface area contributed by atoms with Crippen LogP contribution in [0.15, 0.2) is 170 Å². The fraction of sp³-hybridized carbons (Fsp3) is 0.0238. The summed E-state index contributed by atoms with van der Waals surface area (Å²) in [5.74, 6) is -0.940. The van der Waals surface area contributed by atoms with E-state index in [0.717, 1.165) is 22.4 Å². The van der Waals surface area contributed by atoms with Crippen molar-refractivity contribution in [1.29, 1.82) is 0 Å². The maximum atomic E-state index is 11.7. The first kappa shape index (κ1) is 26.7. The Kier molecular flexibility index (Phi) is 6.32. The number of fused-ring (bicyclic) bond motifs is 4. The molecule has 45 heavy (non-hydrogen) atoms. The van der Waals surface area contributed by atoms with Gasteiger partial charge in [0.1, 0.15) is 0 Å². The summed E-state index contributed by atoms with van der Waals surface area (Å²) < 4.78 is 0. The van der Waals surface area contributed by atoms with E-state index >= 15 is 0 Å². The molecule has 0 atom stereocenters. The van der Waals surface area contributed by atoms with Crippen molar-refractivity contribution in [2.45, 2.75) is 5.41 Å². The lowest BCUT2D eigenvalue weighted by atomic mass is 9.67. The van der Waals surface area contributed by atoms with Crippen LogP contribution in [-0.2, 0) is 5.41 Å². The maximum Gasteiger partial charge on any atom is 0.335 e. The maximum absolute atomic E-state index is 11.7. The van der Waals surface area contributed by atoms with Crippen LogP contribution in [0.25, 0.3) is 21.9 Å². The molecule has 1 aliphatic rings. The summed E-state index contributed by atoms with van der Waals surface area (Å²) in [4.78, 5) is 14.0. The lowest BCUT2D eigenvalue weighted by Crippen LogP contribution is -2.28. The smallest absolute Gasteiger partial charge is 0.335 e. The van der Waals surface area contributed by atoms with Gasteiger partial charge in [-0.15, -0.1) is 0 Å². The molecule has 0 fully saturated rings. The highest BCUT2D eigenvalue weighted by molar-refractivity contribution is 5.93. The Morgan fingerprint density at radius 1 is 0.467 bits per heavy atom. The normalized spacial score (nSPS) is 12.8. The molecular formula is C42H29NO2. The molecule has 7 aromatic carbocycles. The molecule has 0 aliphatic heterocycles. The number of aromatic carboxylic acids is 1. The number of carbonyl (C=O) groups is 1. The number of benzene rings is 7. The first-order valence-corrected chi connectivity index (χ1v) is 15.1.